The van der Waals surface area contributed by atoms with Gasteiger partial charge in [-0.15, -0.1) is 0 Å². The third kappa shape index (κ3) is 5.01. The van der Waals surface area contributed by atoms with Gasteiger partial charge >= 0.3 is 0 Å². The lowest BCUT2D eigenvalue weighted by atomic mass is 9.83. The lowest BCUT2D eigenvalue weighted by Crippen LogP contribution is -2.38. The topological polar surface area (TPSA) is 41.6 Å². The number of fused-ring (bicyclic) bond motifs is 1. The number of carbonyl (C=O) groups excluding carboxylic acids is 1. The Morgan fingerprint density at radius 2 is 1.72 bits per heavy atom. The van der Waals surface area contributed by atoms with Crippen molar-refractivity contribution in [2.24, 2.45) is 5.92 Å². The fourth-order valence-electron chi connectivity index (χ4n) is 5.92. The van der Waals surface area contributed by atoms with Gasteiger partial charge in [-0.05, 0) is 100 Å². The molecule has 1 aliphatic carbocycles. The zero-order chi connectivity index (χ0) is 21.8. The van der Waals surface area contributed by atoms with Crippen LogP contribution < -0.4 is 10.1 Å². The summed E-state index contributed by atoms with van der Waals surface area (Å²) in [4.78, 5) is 15.1. The van der Waals surface area contributed by atoms with Gasteiger partial charge in [0.05, 0.1) is 6.61 Å². The number of nitrogens with one attached hydrogen (secondary N) is 1. The van der Waals surface area contributed by atoms with E-state index in [-0.39, 0.29) is 5.91 Å². The molecule has 0 atom stereocenters. The molecule has 2 aromatic carbocycles. The van der Waals surface area contributed by atoms with E-state index in [4.69, 9.17) is 4.74 Å². The van der Waals surface area contributed by atoms with E-state index < -0.39 is 0 Å². The molecule has 0 spiro atoms. The van der Waals surface area contributed by atoms with Crippen LogP contribution in [0.3, 0.4) is 0 Å². The number of nitrogens with zero attached hydrogens (tertiary/aromatic N) is 1. The summed E-state index contributed by atoms with van der Waals surface area (Å²) in [5.41, 5.74) is 3.79. The minimum absolute atomic E-state index is 0.0764. The number of ether oxygens (including phenoxy) is 1. The summed E-state index contributed by atoms with van der Waals surface area (Å²) in [6, 6.07) is 16.6. The lowest BCUT2D eigenvalue weighted by molar-refractivity contribution is 0.0919. The van der Waals surface area contributed by atoms with Gasteiger partial charge in [-0.3, -0.25) is 4.79 Å². The molecule has 2 heterocycles. The SMILES string of the molecule is O=C(NC1CCC(CCN2CCC(c3cccc4c3CCO4)CC2)CC1)c1ccccc1. The van der Waals surface area contributed by atoms with E-state index in [1.54, 1.807) is 5.56 Å². The number of rotatable bonds is 6. The zero-order valence-electron chi connectivity index (χ0n) is 19.1. The molecule has 1 N–H and O–H groups in total. The zero-order valence-corrected chi connectivity index (χ0v) is 19.1. The molecular formula is C28H36N2O2. The van der Waals surface area contributed by atoms with Gasteiger partial charge < -0.3 is 15.0 Å². The molecule has 0 unspecified atom stereocenters. The molecule has 2 aliphatic heterocycles. The van der Waals surface area contributed by atoms with Crippen molar-refractivity contribution in [1.29, 1.82) is 0 Å². The first-order chi connectivity index (χ1) is 15.8. The van der Waals surface area contributed by atoms with Crippen LogP contribution in [0.1, 0.15) is 72.3 Å². The average molecular weight is 433 g/mol. The number of hydrogen-bond acceptors (Lipinski definition) is 3. The van der Waals surface area contributed by atoms with Crippen LogP contribution in [0.2, 0.25) is 0 Å². The van der Waals surface area contributed by atoms with Crippen LogP contribution in [0.25, 0.3) is 0 Å². The second kappa shape index (κ2) is 10.1. The average Bonchev–Trinajstić information content (AvgIpc) is 3.34. The molecule has 4 nitrogen and oxygen atoms in total. The van der Waals surface area contributed by atoms with E-state index in [2.05, 4.69) is 28.4 Å². The number of carbonyl (C=O) groups is 1. The lowest BCUT2D eigenvalue weighted by Gasteiger charge is -2.35. The number of amides is 1. The Labute approximate surface area is 192 Å². The summed E-state index contributed by atoms with van der Waals surface area (Å²) in [6.45, 7) is 4.52. The van der Waals surface area contributed by atoms with Crippen molar-refractivity contribution in [3.63, 3.8) is 0 Å². The molecule has 0 bridgehead atoms. The van der Waals surface area contributed by atoms with E-state index >= 15 is 0 Å². The maximum Gasteiger partial charge on any atom is 0.251 e. The molecule has 1 saturated heterocycles. The Morgan fingerprint density at radius 3 is 2.50 bits per heavy atom. The largest absolute Gasteiger partial charge is 0.493 e. The number of likely N-dealkylation sites (tertiary alicyclic amines) is 1. The van der Waals surface area contributed by atoms with Crippen molar-refractivity contribution in [3.05, 3.63) is 65.2 Å². The third-order valence-corrected chi connectivity index (χ3v) is 7.88. The highest BCUT2D eigenvalue weighted by Gasteiger charge is 2.27. The van der Waals surface area contributed by atoms with E-state index in [9.17, 15) is 4.79 Å². The van der Waals surface area contributed by atoms with Gasteiger partial charge in [-0.1, -0.05) is 30.3 Å². The molecule has 3 aliphatic rings. The van der Waals surface area contributed by atoms with E-state index in [0.717, 1.165) is 43.1 Å². The molecule has 170 valence electrons. The highest BCUT2D eigenvalue weighted by atomic mass is 16.5. The van der Waals surface area contributed by atoms with Gasteiger partial charge in [-0.25, -0.2) is 0 Å². The number of hydrogen-bond donors (Lipinski definition) is 1. The summed E-state index contributed by atoms with van der Waals surface area (Å²) in [5.74, 6) is 2.71. The Kier molecular flexibility index (Phi) is 6.77. The molecule has 2 fully saturated rings. The Morgan fingerprint density at radius 1 is 0.938 bits per heavy atom. The smallest absolute Gasteiger partial charge is 0.251 e. The third-order valence-electron chi connectivity index (χ3n) is 7.88. The Bertz CT molecular complexity index is 897. The predicted molar refractivity (Wildman–Crippen MR) is 128 cm³/mol. The highest BCUT2D eigenvalue weighted by molar-refractivity contribution is 5.94. The van der Waals surface area contributed by atoms with E-state index in [1.165, 1.54) is 57.3 Å². The molecule has 2 aromatic rings. The van der Waals surface area contributed by atoms with Gasteiger partial charge in [0.1, 0.15) is 5.75 Å². The molecule has 1 saturated carbocycles. The van der Waals surface area contributed by atoms with Gasteiger partial charge in [0.2, 0.25) is 0 Å². The van der Waals surface area contributed by atoms with Crippen molar-refractivity contribution < 1.29 is 9.53 Å². The fourth-order valence-corrected chi connectivity index (χ4v) is 5.92. The molecule has 0 radical (unpaired) electrons. The minimum Gasteiger partial charge on any atom is -0.493 e. The van der Waals surface area contributed by atoms with Crippen molar-refractivity contribution in [1.82, 2.24) is 10.2 Å². The number of benzene rings is 2. The van der Waals surface area contributed by atoms with Crippen LogP contribution in [0.15, 0.2) is 48.5 Å². The summed E-state index contributed by atoms with van der Waals surface area (Å²) in [5, 5.41) is 3.24. The first-order valence-electron chi connectivity index (χ1n) is 12.6. The fraction of sp³-hybridized carbons (Fsp3) is 0.536. The van der Waals surface area contributed by atoms with Crippen molar-refractivity contribution in [2.45, 2.75) is 63.3 Å². The second-order valence-electron chi connectivity index (χ2n) is 9.88. The van der Waals surface area contributed by atoms with Crippen LogP contribution in [0.5, 0.6) is 5.75 Å². The summed E-state index contributed by atoms with van der Waals surface area (Å²) >= 11 is 0. The van der Waals surface area contributed by atoms with Crippen molar-refractivity contribution >= 4 is 5.91 Å². The summed E-state index contributed by atoms with van der Waals surface area (Å²) in [6.07, 6.45) is 9.65. The quantitative estimate of drug-likeness (QED) is 0.684. The second-order valence-corrected chi connectivity index (χ2v) is 9.88. The van der Waals surface area contributed by atoms with Crippen LogP contribution in [-0.4, -0.2) is 43.1 Å². The molecule has 5 rings (SSSR count). The molecule has 0 aromatic heterocycles. The molecule has 1 amide bonds. The monoisotopic (exact) mass is 432 g/mol. The highest BCUT2D eigenvalue weighted by Crippen LogP contribution is 2.37. The maximum atomic E-state index is 12.4. The summed E-state index contributed by atoms with van der Waals surface area (Å²) < 4.78 is 5.77. The molecule has 32 heavy (non-hydrogen) atoms. The predicted octanol–water partition coefficient (Wildman–Crippen LogP) is 5.18. The standard InChI is InChI=1S/C28H36N2O2/c31-28(23-5-2-1-3-6-23)29-24-11-9-21(10-12-24)13-17-30-18-14-22(15-19-30)25-7-4-8-27-26(25)16-20-32-27/h1-8,21-22,24H,9-20H2,(H,29,31). The molecular weight excluding hydrogens is 396 g/mol. The molecule has 4 heteroatoms. The maximum absolute atomic E-state index is 12.4. The van der Waals surface area contributed by atoms with E-state index in [0.29, 0.717) is 12.0 Å². The van der Waals surface area contributed by atoms with Gasteiger partial charge in [-0.2, -0.15) is 0 Å². The Balaban J connectivity index is 1.02. The van der Waals surface area contributed by atoms with E-state index in [1.807, 2.05) is 30.3 Å². The van der Waals surface area contributed by atoms with Gasteiger partial charge in [0, 0.05) is 23.6 Å². The first-order valence-corrected chi connectivity index (χ1v) is 12.6. The van der Waals surface area contributed by atoms with Crippen molar-refractivity contribution in [2.75, 3.05) is 26.2 Å². The first kappa shape index (κ1) is 21.5. The van der Waals surface area contributed by atoms with Gasteiger partial charge in [0.15, 0.2) is 0 Å². The number of piperidine rings is 1. The minimum atomic E-state index is 0.0764. The normalized spacial score (nSPS) is 24.0. The van der Waals surface area contributed by atoms with Crippen molar-refractivity contribution in [3.8, 4) is 5.75 Å². The summed E-state index contributed by atoms with van der Waals surface area (Å²) in [7, 11) is 0. The van der Waals surface area contributed by atoms with Crippen LogP contribution >= 0.6 is 0 Å². The van der Waals surface area contributed by atoms with Gasteiger partial charge in [0.25, 0.3) is 5.91 Å². The van der Waals surface area contributed by atoms with Crippen LogP contribution in [0, 0.1) is 5.92 Å². The Hall–Kier alpha value is -2.33. The van der Waals surface area contributed by atoms with Crippen LogP contribution in [-0.2, 0) is 6.42 Å². The van der Waals surface area contributed by atoms with Crippen LogP contribution in [0.4, 0.5) is 0 Å².